The first kappa shape index (κ1) is 17.6. The summed E-state index contributed by atoms with van der Waals surface area (Å²) in [6, 6.07) is 9.75. The van der Waals surface area contributed by atoms with Gasteiger partial charge in [-0.05, 0) is 18.9 Å². The highest BCUT2D eigenvalue weighted by Gasteiger charge is 2.13. The molecule has 0 saturated heterocycles. The number of nitrogens with two attached hydrogens (primary N) is 1. The summed E-state index contributed by atoms with van der Waals surface area (Å²) in [4.78, 5) is 14.7. The lowest BCUT2D eigenvalue weighted by Crippen LogP contribution is -2.36. The monoisotopic (exact) mass is 308 g/mol. The highest BCUT2D eigenvalue weighted by atomic mass is 32.1. The van der Waals surface area contributed by atoms with Gasteiger partial charge in [-0.1, -0.05) is 42.5 Å². The minimum Gasteiger partial charge on any atom is -0.393 e. The second-order valence-electron chi connectivity index (χ2n) is 4.81. The molecule has 1 rings (SSSR count). The number of hydrogen-bond acceptors (Lipinski definition) is 3. The molecule has 0 aromatic heterocycles. The van der Waals surface area contributed by atoms with Crippen LogP contribution in [0.5, 0.6) is 0 Å². The Labute approximate surface area is 132 Å². The van der Waals surface area contributed by atoms with Crippen molar-refractivity contribution in [3.05, 3.63) is 35.9 Å². The molecule has 1 amide bonds. The van der Waals surface area contributed by atoms with Gasteiger partial charge in [-0.3, -0.25) is 4.79 Å². The van der Waals surface area contributed by atoms with Gasteiger partial charge in [0.05, 0.1) is 11.4 Å². The first-order valence-electron chi connectivity index (χ1n) is 7.31. The Kier molecular flexibility index (Phi) is 8.62. The van der Waals surface area contributed by atoms with E-state index in [9.17, 15) is 4.79 Å². The molecule has 0 bridgehead atoms. The Morgan fingerprint density at radius 2 is 2.00 bits per heavy atom. The number of carbonyl (C=O) groups excluding carboxylic acids is 1. The third-order valence-corrected chi connectivity index (χ3v) is 3.30. The van der Waals surface area contributed by atoms with E-state index in [1.165, 1.54) is 0 Å². The van der Waals surface area contributed by atoms with Crippen LogP contribution in [0, 0.1) is 0 Å². The number of benzene rings is 1. The van der Waals surface area contributed by atoms with E-state index < -0.39 is 0 Å². The second-order valence-corrected chi connectivity index (χ2v) is 5.33. The van der Waals surface area contributed by atoms with Gasteiger partial charge in [0.1, 0.15) is 0 Å². The summed E-state index contributed by atoms with van der Waals surface area (Å²) in [7, 11) is 0. The van der Waals surface area contributed by atoms with Crippen molar-refractivity contribution in [3.8, 4) is 0 Å². The Morgan fingerprint density at radius 3 is 2.62 bits per heavy atom. The highest BCUT2D eigenvalue weighted by Crippen LogP contribution is 2.05. The van der Waals surface area contributed by atoms with Crippen LogP contribution in [0.1, 0.15) is 25.3 Å². The predicted molar refractivity (Wildman–Crippen MR) is 89.2 cm³/mol. The smallest absolute Gasteiger partial charge is 0.227 e. The van der Waals surface area contributed by atoms with Crippen molar-refractivity contribution in [2.75, 3.05) is 26.3 Å². The zero-order chi connectivity index (χ0) is 15.5. The summed E-state index contributed by atoms with van der Waals surface area (Å²) >= 11 is 4.90. The first-order chi connectivity index (χ1) is 10.1. The topological polar surface area (TPSA) is 55.6 Å². The van der Waals surface area contributed by atoms with E-state index in [2.05, 4.69) is 0 Å². The summed E-state index contributed by atoms with van der Waals surface area (Å²) in [6.07, 6.45) is 1.79. The van der Waals surface area contributed by atoms with Crippen LogP contribution in [0.25, 0.3) is 0 Å². The van der Waals surface area contributed by atoms with Crippen molar-refractivity contribution in [3.63, 3.8) is 0 Å². The lowest BCUT2D eigenvalue weighted by atomic mass is 10.1. The molecule has 0 heterocycles. The summed E-state index contributed by atoms with van der Waals surface area (Å²) in [5.74, 6) is 0.106. The van der Waals surface area contributed by atoms with Crippen molar-refractivity contribution in [1.29, 1.82) is 0 Å². The standard InChI is InChI=1S/C16H24N2O2S/c1-2-20-12-6-10-18(11-9-15(17)21)16(19)13-14-7-4-3-5-8-14/h3-5,7-8H,2,6,9-13H2,1H3,(H2,17,21). The number of carbonyl (C=O) groups is 1. The normalized spacial score (nSPS) is 10.3. The van der Waals surface area contributed by atoms with Crippen LogP contribution in [0.2, 0.25) is 0 Å². The van der Waals surface area contributed by atoms with E-state index in [1.54, 1.807) is 0 Å². The highest BCUT2D eigenvalue weighted by molar-refractivity contribution is 7.80. The van der Waals surface area contributed by atoms with Gasteiger partial charge in [-0.15, -0.1) is 0 Å². The molecule has 0 fully saturated rings. The lowest BCUT2D eigenvalue weighted by molar-refractivity contribution is -0.130. The molecular weight excluding hydrogens is 284 g/mol. The zero-order valence-corrected chi connectivity index (χ0v) is 13.4. The van der Waals surface area contributed by atoms with Crippen molar-refractivity contribution < 1.29 is 9.53 Å². The first-order valence-corrected chi connectivity index (χ1v) is 7.72. The molecule has 4 nitrogen and oxygen atoms in total. The minimum atomic E-state index is 0.106. The summed E-state index contributed by atoms with van der Waals surface area (Å²) in [5.41, 5.74) is 6.56. The fraction of sp³-hybridized carbons (Fsp3) is 0.500. The number of ether oxygens (including phenoxy) is 1. The average Bonchev–Trinajstić information content (AvgIpc) is 2.47. The largest absolute Gasteiger partial charge is 0.393 e. The summed E-state index contributed by atoms with van der Waals surface area (Å²) in [6.45, 7) is 4.58. The van der Waals surface area contributed by atoms with Gasteiger partial charge in [0.2, 0.25) is 5.91 Å². The van der Waals surface area contributed by atoms with Crippen molar-refractivity contribution in [2.45, 2.75) is 26.2 Å². The van der Waals surface area contributed by atoms with E-state index in [0.29, 0.717) is 44.1 Å². The number of nitrogens with zero attached hydrogens (tertiary/aromatic N) is 1. The van der Waals surface area contributed by atoms with Crippen LogP contribution in [-0.4, -0.2) is 42.1 Å². The Hall–Kier alpha value is -1.46. The fourth-order valence-electron chi connectivity index (χ4n) is 1.99. The van der Waals surface area contributed by atoms with E-state index in [-0.39, 0.29) is 5.91 Å². The van der Waals surface area contributed by atoms with Gasteiger partial charge in [0, 0.05) is 32.7 Å². The molecular formula is C16H24N2O2S. The van der Waals surface area contributed by atoms with Gasteiger partial charge in [0.15, 0.2) is 0 Å². The van der Waals surface area contributed by atoms with Crippen LogP contribution in [-0.2, 0) is 16.0 Å². The van der Waals surface area contributed by atoms with Gasteiger partial charge in [-0.25, -0.2) is 0 Å². The van der Waals surface area contributed by atoms with Crippen LogP contribution >= 0.6 is 12.2 Å². The van der Waals surface area contributed by atoms with E-state index in [1.807, 2.05) is 42.2 Å². The van der Waals surface area contributed by atoms with Gasteiger partial charge >= 0.3 is 0 Å². The van der Waals surface area contributed by atoms with E-state index >= 15 is 0 Å². The molecule has 116 valence electrons. The van der Waals surface area contributed by atoms with E-state index in [4.69, 9.17) is 22.7 Å². The van der Waals surface area contributed by atoms with Crippen molar-refractivity contribution >= 4 is 23.1 Å². The number of hydrogen-bond donors (Lipinski definition) is 1. The molecule has 2 N–H and O–H groups in total. The molecule has 0 atom stereocenters. The second kappa shape index (κ2) is 10.3. The third-order valence-electron chi connectivity index (χ3n) is 3.10. The van der Waals surface area contributed by atoms with Crippen LogP contribution in [0.15, 0.2) is 30.3 Å². The van der Waals surface area contributed by atoms with E-state index in [0.717, 1.165) is 12.0 Å². The van der Waals surface area contributed by atoms with Crippen molar-refractivity contribution in [2.24, 2.45) is 5.73 Å². The Bertz CT molecular complexity index is 437. The number of rotatable bonds is 10. The summed E-state index contributed by atoms with van der Waals surface area (Å²) < 4.78 is 5.32. The minimum absolute atomic E-state index is 0.106. The molecule has 21 heavy (non-hydrogen) atoms. The molecule has 0 aliphatic rings. The van der Waals surface area contributed by atoms with Crippen LogP contribution in [0.4, 0.5) is 0 Å². The third kappa shape index (κ3) is 7.78. The molecule has 0 aliphatic heterocycles. The Balaban J connectivity index is 2.52. The maximum Gasteiger partial charge on any atom is 0.227 e. The van der Waals surface area contributed by atoms with Crippen molar-refractivity contribution in [1.82, 2.24) is 4.90 Å². The Morgan fingerprint density at radius 1 is 1.29 bits per heavy atom. The van der Waals surface area contributed by atoms with Crippen LogP contribution < -0.4 is 5.73 Å². The van der Waals surface area contributed by atoms with Crippen LogP contribution in [0.3, 0.4) is 0 Å². The summed E-state index contributed by atoms with van der Waals surface area (Å²) in [5, 5.41) is 0. The predicted octanol–water partition coefficient (Wildman–Crippen LogP) is 2.16. The maximum absolute atomic E-state index is 12.4. The molecule has 0 saturated carbocycles. The number of amides is 1. The molecule has 1 aromatic rings. The maximum atomic E-state index is 12.4. The lowest BCUT2D eigenvalue weighted by Gasteiger charge is -2.22. The molecule has 0 unspecified atom stereocenters. The zero-order valence-electron chi connectivity index (χ0n) is 12.6. The molecule has 1 aromatic carbocycles. The average molecular weight is 308 g/mol. The fourth-order valence-corrected chi connectivity index (χ4v) is 2.08. The molecule has 0 spiro atoms. The molecule has 5 heteroatoms. The SMILES string of the molecule is CCOCCCN(CCC(N)=S)C(=O)Cc1ccccc1. The van der Waals surface area contributed by atoms with Gasteiger partial charge < -0.3 is 15.4 Å². The molecule has 0 aliphatic carbocycles. The van der Waals surface area contributed by atoms with Gasteiger partial charge in [-0.2, -0.15) is 0 Å². The van der Waals surface area contributed by atoms with Gasteiger partial charge in [0.25, 0.3) is 0 Å². The molecule has 0 radical (unpaired) electrons. The number of thiocarbonyl (C=S) groups is 1. The quantitative estimate of drug-likeness (QED) is 0.531.